The summed E-state index contributed by atoms with van der Waals surface area (Å²) in [5.41, 5.74) is 1.60. The zero-order valence-corrected chi connectivity index (χ0v) is 16.6. The number of fused-ring (bicyclic) bond motifs is 1. The number of hydrogen-bond donors (Lipinski definition) is 2. The fourth-order valence-corrected chi connectivity index (χ4v) is 4.12. The molecular weight excluding hydrogens is 380 g/mol. The molecule has 148 valence electrons. The minimum atomic E-state index is -0.185. The number of nitrogens with zero attached hydrogens (tertiary/aromatic N) is 2. The van der Waals surface area contributed by atoms with Crippen LogP contribution in [0.3, 0.4) is 0 Å². The molecule has 3 amide bonds. The molecule has 0 saturated heterocycles. The fraction of sp³-hybridized carbons (Fsp3) is 0.421. The van der Waals surface area contributed by atoms with Crippen LogP contribution in [0, 0.1) is 5.92 Å². The number of benzene rings is 1. The van der Waals surface area contributed by atoms with E-state index in [2.05, 4.69) is 15.6 Å². The summed E-state index contributed by atoms with van der Waals surface area (Å²) in [5.74, 6) is 1.35. The van der Waals surface area contributed by atoms with Crippen LogP contribution in [0.25, 0.3) is 0 Å². The van der Waals surface area contributed by atoms with Gasteiger partial charge in [-0.3, -0.25) is 4.79 Å². The van der Waals surface area contributed by atoms with Crippen molar-refractivity contribution >= 4 is 34.1 Å². The zero-order valence-electron chi connectivity index (χ0n) is 15.8. The number of amides is 3. The fourth-order valence-electron chi connectivity index (χ4n) is 3.09. The van der Waals surface area contributed by atoms with Crippen molar-refractivity contribution in [2.45, 2.75) is 25.8 Å². The predicted molar refractivity (Wildman–Crippen MR) is 106 cm³/mol. The molecule has 8 nitrogen and oxygen atoms in total. The van der Waals surface area contributed by atoms with E-state index in [4.69, 9.17) is 9.47 Å². The standard InChI is InChI=1S/C19H22N4O4S/c1-26-14-6-5-12(9-15(14)27-2)20-19(25)23-8-7-13-16(10-23)28-18(21-13)22-17(24)11-3-4-11/h5-6,9,11H,3-4,7-8,10H2,1-2H3,(H,20,25)(H,21,22,24). The van der Waals surface area contributed by atoms with Crippen molar-refractivity contribution in [2.75, 3.05) is 31.4 Å². The van der Waals surface area contributed by atoms with Crippen LogP contribution in [0.5, 0.6) is 11.5 Å². The van der Waals surface area contributed by atoms with E-state index in [1.165, 1.54) is 11.3 Å². The average Bonchev–Trinajstić information content (AvgIpc) is 3.48. The normalized spacial score (nSPS) is 15.6. The van der Waals surface area contributed by atoms with Gasteiger partial charge in [-0.1, -0.05) is 11.3 Å². The highest BCUT2D eigenvalue weighted by atomic mass is 32.1. The van der Waals surface area contributed by atoms with Gasteiger partial charge < -0.3 is 25.0 Å². The molecule has 1 aromatic heterocycles. The third-order valence-corrected chi connectivity index (χ3v) is 5.83. The molecule has 1 saturated carbocycles. The second-order valence-electron chi connectivity index (χ2n) is 6.82. The number of nitrogens with one attached hydrogen (secondary N) is 2. The SMILES string of the molecule is COc1ccc(NC(=O)N2CCc3nc(NC(=O)C4CC4)sc3C2)cc1OC. The maximum atomic E-state index is 12.7. The number of aromatic nitrogens is 1. The highest BCUT2D eigenvalue weighted by Gasteiger charge is 2.31. The molecule has 0 radical (unpaired) electrons. The molecule has 1 aliphatic heterocycles. The summed E-state index contributed by atoms with van der Waals surface area (Å²) < 4.78 is 10.5. The molecule has 0 bridgehead atoms. The van der Waals surface area contributed by atoms with Crippen molar-refractivity contribution in [3.63, 3.8) is 0 Å². The van der Waals surface area contributed by atoms with Gasteiger partial charge in [-0.2, -0.15) is 0 Å². The highest BCUT2D eigenvalue weighted by Crippen LogP contribution is 2.33. The van der Waals surface area contributed by atoms with Gasteiger partial charge in [0.15, 0.2) is 16.6 Å². The molecule has 2 N–H and O–H groups in total. The maximum Gasteiger partial charge on any atom is 0.322 e. The number of hydrogen-bond acceptors (Lipinski definition) is 6. The van der Waals surface area contributed by atoms with Crippen LogP contribution in [-0.4, -0.2) is 42.6 Å². The number of rotatable bonds is 5. The molecule has 4 rings (SSSR count). The molecule has 2 aliphatic rings. The Balaban J connectivity index is 1.40. The molecule has 28 heavy (non-hydrogen) atoms. The van der Waals surface area contributed by atoms with Crippen molar-refractivity contribution in [3.8, 4) is 11.5 Å². The summed E-state index contributed by atoms with van der Waals surface area (Å²) in [7, 11) is 3.12. The first kappa shape index (κ1) is 18.5. The highest BCUT2D eigenvalue weighted by molar-refractivity contribution is 7.15. The number of carbonyl (C=O) groups excluding carboxylic acids is 2. The Labute approximate surface area is 166 Å². The average molecular weight is 402 g/mol. The van der Waals surface area contributed by atoms with Gasteiger partial charge in [0.1, 0.15) is 0 Å². The van der Waals surface area contributed by atoms with Gasteiger partial charge in [0.2, 0.25) is 5.91 Å². The molecule has 1 fully saturated rings. The van der Waals surface area contributed by atoms with Gasteiger partial charge in [-0.15, -0.1) is 0 Å². The largest absolute Gasteiger partial charge is 0.493 e. The third kappa shape index (κ3) is 3.89. The number of methoxy groups -OCH3 is 2. The Hall–Kier alpha value is -2.81. The first-order valence-corrected chi connectivity index (χ1v) is 9.96. The van der Waals surface area contributed by atoms with Crippen molar-refractivity contribution < 1.29 is 19.1 Å². The lowest BCUT2D eigenvalue weighted by molar-refractivity contribution is -0.117. The summed E-state index contributed by atoms with van der Waals surface area (Å²) in [6.45, 7) is 1.05. The molecule has 0 unspecified atom stereocenters. The summed E-state index contributed by atoms with van der Waals surface area (Å²) in [6.07, 6.45) is 2.59. The molecule has 1 aromatic carbocycles. The molecule has 9 heteroatoms. The molecular formula is C19H22N4O4S. The Morgan fingerprint density at radius 3 is 2.68 bits per heavy atom. The number of urea groups is 1. The van der Waals surface area contributed by atoms with Crippen molar-refractivity contribution in [1.29, 1.82) is 0 Å². The van der Waals surface area contributed by atoms with Crippen molar-refractivity contribution in [2.24, 2.45) is 5.92 Å². The molecule has 0 spiro atoms. The Kier molecular flexibility index (Phi) is 5.08. The van der Waals surface area contributed by atoms with E-state index in [0.717, 1.165) is 23.4 Å². The maximum absolute atomic E-state index is 12.7. The molecule has 2 aromatic rings. The third-order valence-electron chi connectivity index (χ3n) is 4.83. The number of thiazole rings is 1. The lowest BCUT2D eigenvalue weighted by atomic mass is 10.2. The van der Waals surface area contributed by atoms with E-state index in [9.17, 15) is 9.59 Å². The van der Waals surface area contributed by atoms with E-state index in [0.29, 0.717) is 41.8 Å². The smallest absolute Gasteiger partial charge is 0.322 e. The van der Waals surface area contributed by atoms with Crippen molar-refractivity contribution in [3.05, 3.63) is 28.8 Å². The van der Waals surface area contributed by atoms with E-state index >= 15 is 0 Å². The van der Waals surface area contributed by atoms with Gasteiger partial charge in [0, 0.05) is 35.5 Å². The van der Waals surface area contributed by atoms with Crippen LogP contribution in [0.1, 0.15) is 23.4 Å². The Bertz CT molecular complexity index is 909. The van der Waals surface area contributed by atoms with E-state index in [1.807, 2.05) is 0 Å². The number of carbonyl (C=O) groups is 2. The van der Waals surface area contributed by atoms with E-state index in [1.54, 1.807) is 37.3 Å². The zero-order chi connectivity index (χ0) is 19.7. The minimum Gasteiger partial charge on any atom is -0.493 e. The molecule has 1 aliphatic carbocycles. The topological polar surface area (TPSA) is 92.8 Å². The lowest BCUT2D eigenvalue weighted by Gasteiger charge is -2.26. The first-order chi connectivity index (χ1) is 13.6. The summed E-state index contributed by atoms with van der Waals surface area (Å²) in [5, 5.41) is 6.42. The molecule has 0 atom stereocenters. The summed E-state index contributed by atoms with van der Waals surface area (Å²) in [4.78, 5) is 31.9. The first-order valence-electron chi connectivity index (χ1n) is 9.14. The van der Waals surface area contributed by atoms with Gasteiger partial charge in [0.25, 0.3) is 0 Å². The quantitative estimate of drug-likeness (QED) is 0.802. The van der Waals surface area contributed by atoms with Crippen LogP contribution >= 0.6 is 11.3 Å². The van der Waals surface area contributed by atoms with Gasteiger partial charge in [-0.05, 0) is 25.0 Å². The second-order valence-corrected chi connectivity index (χ2v) is 7.91. The van der Waals surface area contributed by atoms with Crippen LogP contribution in [-0.2, 0) is 17.8 Å². The van der Waals surface area contributed by atoms with E-state index in [-0.39, 0.29) is 17.9 Å². The van der Waals surface area contributed by atoms with E-state index < -0.39 is 0 Å². The monoisotopic (exact) mass is 402 g/mol. The van der Waals surface area contributed by atoms with Crippen LogP contribution in [0.2, 0.25) is 0 Å². The van der Waals surface area contributed by atoms with Crippen LogP contribution in [0.15, 0.2) is 18.2 Å². The second kappa shape index (κ2) is 7.67. The van der Waals surface area contributed by atoms with Crippen LogP contribution < -0.4 is 20.1 Å². The van der Waals surface area contributed by atoms with Crippen molar-refractivity contribution in [1.82, 2.24) is 9.88 Å². The van der Waals surface area contributed by atoms with Gasteiger partial charge in [0.05, 0.1) is 26.5 Å². The van der Waals surface area contributed by atoms with Crippen LogP contribution in [0.4, 0.5) is 15.6 Å². The Morgan fingerprint density at radius 2 is 1.96 bits per heavy atom. The van der Waals surface area contributed by atoms with Gasteiger partial charge in [-0.25, -0.2) is 9.78 Å². The lowest BCUT2D eigenvalue weighted by Crippen LogP contribution is -2.38. The number of anilines is 2. The minimum absolute atomic E-state index is 0.0501. The predicted octanol–water partition coefficient (Wildman–Crippen LogP) is 3.10. The Morgan fingerprint density at radius 1 is 1.18 bits per heavy atom. The number of ether oxygens (including phenoxy) is 2. The summed E-state index contributed by atoms with van der Waals surface area (Å²) in [6, 6.07) is 5.06. The summed E-state index contributed by atoms with van der Waals surface area (Å²) >= 11 is 1.45. The van der Waals surface area contributed by atoms with Gasteiger partial charge >= 0.3 is 6.03 Å². The molecule has 2 heterocycles.